The summed E-state index contributed by atoms with van der Waals surface area (Å²) in [6.07, 6.45) is 1.13. The Hall–Kier alpha value is -3.09. The van der Waals surface area contributed by atoms with Gasteiger partial charge in [-0.25, -0.2) is 4.39 Å². The summed E-state index contributed by atoms with van der Waals surface area (Å²) in [5.74, 6) is -0.178. The smallest absolute Gasteiger partial charge is 0.228 e. The van der Waals surface area contributed by atoms with Crippen LogP contribution in [0, 0.1) is 17.7 Å². The van der Waals surface area contributed by atoms with Gasteiger partial charge in [0.05, 0.1) is 31.7 Å². The Kier molecular flexibility index (Phi) is 6.13. The van der Waals surface area contributed by atoms with Crippen molar-refractivity contribution in [1.29, 1.82) is 0 Å². The topological polar surface area (TPSA) is 76.7 Å². The lowest BCUT2D eigenvalue weighted by Gasteiger charge is -2.11. The summed E-state index contributed by atoms with van der Waals surface area (Å²) in [4.78, 5) is 24.7. The summed E-state index contributed by atoms with van der Waals surface area (Å²) in [6.45, 7) is 0.446. The first-order chi connectivity index (χ1) is 13.5. The summed E-state index contributed by atoms with van der Waals surface area (Å²) in [5.41, 5.74) is 1.48. The molecule has 1 aliphatic rings. The molecule has 2 unspecified atom stereocenters. The third kappa shape index (κ3) is 4.79. The minimum Gasteiger partial charge on any atom is -0.497 e. The molecule has 1 fully saturated rings. The molecular weight excluding hydrogens is 363 g/mol. The maximum atomic E-state index is 12.9. The standard InChI is InChI=1S/C21H23FN2O4/c1-27-15-7-8-18(19(11-15)28-2)24-21(26)17-12-16(17)20(25)23-10-9-13-3-5-14(22)6-4-13/h3-8,11,16-17H,9-10,12H2,1-2H3,(H,23,25)(H,24,26). The van der Waals surface area contributed by atoms with Crippen LogP contribution in [0.4, 0.5) is 10.1 Å². The molecule has 2 atom stereocenters. The van der Waals surface area contributed by atoms with E-state index >= 15 is 0 Å². The molecule has 28 heavy (non-hydrogen) atoms. The van der Waals surface area contributed by atoms with Gasteiger partial charge in [0.1, 0.15) is 17.3 Å². The van der Waals surface area contributed by atoms with E-state index in [1.807, 2.05) is 0 Å². The number of carbonyl (C=O) groups is 2. The van der Waals surface area contributed by atoms with Crippen LogP contribution in [-0.2, 0) is 16.0 Å². The second-order valence-electron chi connectivity index (χ2n) is 6.67. The average molecular weight is 386 g/mol. The van der Waals surface area contributed by atoms with Gasteiger partial charge in [0.15, 0.2) is 0 Å². The summed E-state index contributed by atoms with van der Waals surface area (Å²) >= 11 is 0. The molecule has 3 rings (SSSR count). The zero-order valence-electron chi connectivity index (χ0n) is 15.8. The van der Waals surface area contributed by atoms with Gasteiger partial charge in [0.2, 0.25) is 11.8 Å². The van der Waals surface area contributed by atoms with Gasteiger partial charge >= 0.3 is 0 Å². The Morgan fingerprint density at radius 2 is 1.75 bits per heavy atom. The molecular formula is C21H23FN2O4. The number of benzene rings is 2. The fourth-order valence-corrected chi connectivity index (χ4v) is 3.01. The Labute approximate surface area is 163 Å². The highest BCUT2D eigenvalue weighted by Gasteiger charge is 2.48. The fraction of sp³-hybridized carbons (Fsp3) is 0.333. The first-order valence-electron chi connectivity index (χ1n) is 9.07. The van der Waals surface area contributed by atoms with Gasteiger partial charge in [-0.15, -0.1) is 0 Å². The molecule has 2 amide bonds. The third-order valence-electron chi connectivity index (χ3n) is 4.76. The number of halogens is 1. The molecule has 1 saturated carbocycles. The number of carbonyl (C=O) groups excluding carboxylic acids is 2. The molecule has 6 nitrogen and oxygen atoms in total. The van der Waals surface area contributed by atoms with Crippen LogP contribution in [0.25, 0.3) is 0 Å². The molecule has 0 radical (unpaired) electrons. The fourth-order valence-electron chi connectivity index (χ4n) is 3.01. The molecule has 0 spiro atoms. The van der Waals surface area contributed by atoms with Gasteiger partial charge in [0, 0.05) is 12.6 Å². The van der Waals surface area contributed by atoms with E-state index in [4.69, 9.17) is 9.47 Å². The zero-order chi connectivity index (χ0) is 20.1. The Morgan fingerprint density at radius 3 is 2.43 bits per heavy atom. The number of hydrogen-bond acceptors (Lipinski definition) is 4. The maximum absolute atomic E-state index is 12.9. The number of anilines is 1. The lowest BCUT2D eigenvalue weighted by atomic mass is 10.1. The third-order valence-corrected chi connectivity index (χ3v) is 4.76. The van der Waals surface area contributed by atoms with Crippen molar-refractivity contribution < 1.29 is 23.5 Å². The molecule has 2 aromatic carbocycles. The second kappa shape index (κ2) is 8.73. The predicted molar refractivity (Wildman–Crippen MR) is 103 cm³/mol. The number of methoxy groups -OCH3 is 2. The van der Waals surface area contributed by atoms with Crippen molar-refractivity contribution >= 4 is 17.5 Å². The molecule has 2 aromatic rings. The Morgan fingerprint density at radius 1 is 1.04 bits per heavy atom. The van der Waals surface area contributed by atoms with Crippen LogP contribution >= 0.6 is 0 Å². The lowest BCUT2D eigenvalue weighted by molar-refractivity contribution is -0.125. The minimum absolute atomic E-state index is 0.135. The Bertz CT molecular complexity index is 854. The van der Waals surface area contributed by atoms with Crippen LogP contribution in [0.2, 0.25) is 0 Å². The van der Waals surface area contributed by atoms with Gasteiger partial charge in [-0.1, -0.05) is 12.1 Å². The van der Waals surface area contributed by atoms with Crippen LogP contribution < -0.4 is 20.1 Å². The van der Waals surface area contributed by atoms with Crippen LogP contribution in [0.1, 0.15) is 12.0 Å². The van der Waals surface area contributed by atoms with Crippen molar-refractivity contribution in [2.75, 3.05) is 26.1 Å². The highest BCUT2D eigenvalue weighted by molar-refractivity contribution is 6.00. The van der Waals surface area contributed by atoms with Crippen molar-refractivity contribution in [2.45, 2.75) is 12.8 Å². The summed E-state index contributed by atoms with van der Waals surface area (Å²) in [6, 6.07) is 11.3. The quantitative estimate of drug-likeness (QED) is 0.732. The largest absolute Gasteiger partial charge is 0.497 e. The number of rotatable bonds is 8. The number of ether oxygens (including phenoxy) is 2. The van der Waals surface area contributed by atoms with E-state index in [0.717, 1.165) is 5.56 Å². The number of hydrogen-bond donors (Lipinski definition) is 2. The Balaban J connectivity index is 1.47. The molecule has 0 bridgehead atoms. The lowest BCUT2D eigenvalue weighted by Crippen LogP contribution is -2.29. The van der Waals surface area contributed by atoms with Gasteiger partial charge < -0.3 is 20.1 Å². The summed E-state index contributed by atoms with van der Waals surface area (Å²) in [5, 5.41) is 5.65. The number of nitrogens with one attached hydrogen (secondary N) is 2. The highest BCUT2D eigenvalue weighted by atomic mass is 19.1. The normalized spacial score (nSPS) is 17.5. The molecule has 0 aliphatic heterocycles. The summed E-state index contributed by atoms with van der Waals surface area (Å²) < 4.78 is 23.3. The SMILES string of the molecule is COc1ccc(NC(=O)C2CC2C(=O)NCCc2ccc(F)cc2)c(OC)c1. The average Bonchev–Trinajstić information content (AvgIpc) is 3.51. The maximum Gasteiger partial charge on any atom is 0.228 e. The van der Waals surface area contributed by atoms with Gasteiger partial charge in [0.25, 0.3) is 0 Å². The van der Waals surface area contributed by atoms with Crippen molar-refractivity contribution in [3.63, 3.8) is 0 Å². The van der Waals surface area contributed by atoms with Gasteiger partial charge in [-0.3, -0.25) is 9.59 Å². The van der Waals surface area contributed by atoms with E-state index in [9.17, 15) is 14.0 Å². The first-order valence-corrected chi connectivity index (χ1v) is 9.07. The van der Waals surface area contributed by atoms with Crippen molar-refractivity contribution in [3.05, 3.63) is 53.8 Å². The van der Waals surface area contributed by atoms with Crippen LogP contribution in [-0.4, -0.2) is 32.6 Å². The van der Waals surface area contributed by atoms with E-state index in [1.54, 1.807) is 37.4 Å². The highest BCUT2D eigenvalue weighted by Crippen LogP contribution is 2.40. The van der Waals surface area contributed by atoms with Crippen molar-refractivity contribution in [1.82, 2.24) is 5.32 Å². The number of amides is 2. The molecule has 0 saturated heterocycles. The van der Waals surface area contributed by atoms with Crippen molar-refractivity contribution in [3.8, 4) is 11.5 Å². The second-order valence-corrected chi connectivity index (χ2v) is 6.67. The minimum atomic E-state index is -0.349. The van der Waals surface area contributed by atoms with E-state index in [0.29, 0.717) is 36.6 Å². The molecule has 0 heterocycles. The molecule has 7 heteroatoms. The van der Waals surface area contributed by atoms with Crippen LogP contribution in [0.5, 0.6) is 11.5 Å². The monoisotopic (exact) mass is 386 g/mol. The van der Waals surface area contributed by atoms with E-state index in [1.165, 1.54) is 19.2 Å². The van der Waals surface area contributed by atoms with E-state index in [2.05, 4.69) is 10.6 Å². The zero-order valence-corrected chi connectivity index (χ0v) is 15.8. The van der Waals surface area contributed by atoms with E-state index < -0.39 is 0 Å². The van der Waals surface area contributed by atoms with Crippen LogP contribution in [0.3, 0.4) is 0 Å². The van der Waals surface area contributed by atoms with Crippen molar-refractivity contribution in [2.24, 2.45) is 11.8 Å². The van der Waals surface area contributed by atoms with E-state index in [-0.39, 0.29) is 29.5 Å². The van der Waals surface area contributed by atoms with Crippen LogP contribution in [0.15, 0.2) is 42.5 Å². The summed E-state index contributed by atoms with van der Waals surface area (Å²) in [7, 11) is 3.06. The first kappa shape index (κ1) is 19.7. The van der Waals surface area contributed by atoms with Gasteiger partial charge in [-0.05, 0) is 42.7 Å². The van der Waals surface area contributed by atoms with Gasteiger partial charge in [-0.2, -0.15) is 0 Å². The molecule has 148 valence electrons. The molecule has 0 aromatic heterocycles. The predicted octanol–water partition coefficient (Wildman–Crippen LogP) is 2.78. The molecule has 1 aliphatic carbocycles. The molecule has 2 N–H and O–H groups in total.